The molecule has 14 heteroatoms. The molecule has 1 heterocycles. The van der Waals surface area contributed by atoms with Crippen LogP contribution in [0.4, 0.5) is 0 Å². The largest absolute Gasteiger partial charge is 1.00 e. The fraction of sp³-hybridized carbons (Fsp3) is 0.543. The number of nitrogens with one attached hydrogen (secondary N) is 5. The van der Waals surface area contributed by atoms with E-state index in [4.69, 9.17) is 0 Å². The summed E-state index contributed by atoms with van der Waals surface area (Å²) >= 11 is 0. The van der Waals surface area contributed by atoms with E-state index in [2.05, 4.69) is 26.6 Å². The first-order valence-electron chi connectivity index (χ1n) is 16.4. The minimum Gasteiger partial charge on any atom is -0.428 e. The van der Waals surface area contributed by atoms with Gasteiger partial charge in [-0.2, -0.15) is 0 Å². The molecule has 0 spiro atoms. The van der Waals surface area contributed by atoms with E-state index in [1.807, 2.05) is 92.6 Å². The van der Waals surface area contributed by atoms with E-state index in [-0.39, 0.29) is 62.6 Å². The molecule has 0 aliphatic carbocycles. The summed E-state index contributed by atoms with van der Waals surface area (Å²) < 4.78 is 0. The second-order valence-corrected chi connectivity index (χ2v) is 11.4. The molecule has 0 aromatic heterocycles. The molecule has 1 aliphatic rings. The van der Waals surface area contributed by atoms with Crippen LogP contribution in [0, 0.1) is 17.4 Å². The van der Waals surface area contributed by atoms with Crippen LogP contribution in [-0.4, -0.2) is 79.0 Å². The molecule has 1 unspecified atom stereocenters. The molecule has 1 aromatic rings. The van der Waals surface area contributed by atoms with Crippen molar-refractivity contribution in [3.8, 4) is 0 Å². The fourth-order valence-electron chi connectivity index (χ4n) is 4.54. The Kier molecular flexibility index (Phi) is 27.2. The molecule has 5 N–H and O–H groups in total. The van der Waals surface area contributed by atoms with Crippen LogP contribution < -0.4 is 26.6 Å². The number of benzene rings is 1. The van der Waals surface area contributed by atoms with Gasteiger partial charge in [0.05, 0.1) is 13.1 Å². The second-order valence-electron chi connectivity index (χ2n) is 11.4. The van der Waals surface area contributed by atoms with Crippen molar-refractivity contribution in [3.05, 3.63) is 54.6 Å². The Morgan fingerprint density at radius 1 is 0.816 bits per heavy atom. The summed E-state index contributed by atoms with van der Waals surface area (Å²) in [5.74, 6) is -1.96. The summed E-state index contributed by atoms with van der Waals surface area (Å²) in [6, 6.07) is 8.33. The van der Waals surface area contributed by atoms with E-state index in [1.54, 1.807) is 13.5 Å². The number of hydrogen-bond acceptors (Lipinski definition) is 7. The third-order valence-corrected chi connectivity index (χ3v) is 6.25. The molecule has 277 valence electrons. The monoisotopic (exact) mass is 775 g/mol. The van der Waals surface area contributed by atoms with Gasteiger partial charge in [0.1, 0.15) is 6.04 Å². The van der Waals surface area contributed by atoms with E-state index in [1.165, 1.54) is 12.2 Å². The Morgan fingerprint density at radius 2 is 1.35 bits per heavy atom. The van der Waals surface area contributed by atoms with Crippen LogP contribution in [0.25, 0.3) is 0 Å². The summed E-state index contributed by atoms with van der Waals surface area (Å²) in [5.41, 5.74) is -0.166. The summed E-state index contributed by atoms with van der Waals surface area (Å²) in [7, 11) is 0. The first kappa shape index (κ1) is 49.5. The second kappa shape index (κ2) is 27.0. The molecule has 1 radical (unpaired) electrons. The summed E-state index contributed by atoms with van der Waals surface area (Å²) in [5, 5.41) is 12.7. The topological polar surface area (TPSA) is 183 Å². The molecule has 1 aromatic carbocycles. The number of rotatable bonds is 16. The van der Waals surface area contributed by atoms with Crippen LogP contribution in [0.1, 0.15) is 81.2 Å². The van der Waals surface area contributed by atoms with Gasteiger partial charge in [-0.05, 0) is 19.4 Å². The van der Waals surface area contributed by atoms with E-state index in [9.17, 15) is 33.6 Å². The quantitative estimate of drug-likeness (QED) is 0.0740. The van der Waals surface area contributed by atoms with Crippen molar-refractivity contribution in [1.29, 1.82) is 0 Å². The number of hydrogen-bond donors (Lipinski definition) is 5. The molecular formula is C35H57N6O7Ru. The first-order chi connectivity index (χ1) is 22.7. The molecule has 1 aliphatic heterocycles. The van der Waals surface area contributed by atoms with Crippen molar-refractivity contribution >= 4 is 41.9 Å². The third kappa shape index (κ3) is 20.9. The normalized spacial score (nSPS) is 12.2. The van der Waals surface area contributed by atoms with Gasteiger partial charge < -0.3 is 31.5 Å². The van der Waals surface area contributed by atoms with Gasteiger partial charge in [-0.3, -0.25) is 33.6 Å². The Bertz CT molecular complexity index is 1190. The predicted octanol–water partition coefficient (Wildman–Crippen LogP) is 2.41. The average Bonchev–Trinajstić information content (AvgIpc) is 3.36. The molecular weight excluding hydrogens is 717 g/mol. The minimum atomic E-state index is -0.845. The zero-order valence-electron chi connectivity index (χ0n) is 30.7. The third-order valence-electron chi connectivity index (χ3n) is 6.25. The summed E-state index contributed by atoms with van der Waals surface area (Å²) in [4.78, 5) is 82.0. The standard InChI is InChI=1S/C16H22N4O4.C15H23N2O3.2C2H6.Ru/c1-2-18-14(22)10-19-16(24)13(20-15(23)9-17-11-21)8-12-6-4-3-5-7-12;1-6-16-13(20)15(4,5)9-14(2,3)10-17-11(18)7-8-12(17)19;2*1-2;/h3-7,11,13H,2,8-10H2,1H3,(H,17,21)(H,18,22)(H,19,24)(H,20,23);7-8,10H,6,9H2,1-5H3,(H,16,20);2*1-2H3;/q;-1;;;+1. The van der Waals surface area contributed by atoms with Crippen LogP contribution in [0.5, 0.6) is 0 Å². The van der Waals surface area contributed by atoms with Crippen molar-refractivity contribution in [3.63, 3.8) is 0 Å². The van der Waals surface area contributed by atoms with E-state index in [0.717, 1.165) is 10.5 Å². The van der Waals surface area contributed by atoms with Crippen LogP contribution in [-0.2, 0) is 59.5 Å². The average molecular weight is 775 g/mol. The molecule has 7 amide bonds. The zero-order valence-corrected chi connectivity index (χ0v) is 32.4. The van der Waals surface area contributed by atoms with Crippen LogP contribution in [0.2, 0.25) is 0 Å². The molecule has 2 rings (SSSR count). The van der Waals surface area contributed by atoms with Crippen LogP contribution in [0.3, 0.4) is 0 Å². The minimum absolute atomic E-state index is 0. The van der Waals surface area contributed by atoms with Crippen molar-refractivity contribution in [1.82, 2.24) is 31.5 Å². The Morgan fingerprint density at radius 3 is 1.84 bits per heavy atom. The zero-order chi connectivity index (χ0) is 37.3. The maximum Gasteiger partial charge on any atom is 1.00 e. The number of carbonyl (C=O) groups is 7. The number of amides is 7. The predicted molar refractivity (Wildman–Crippen MR) is 187 cm³/mol. The first-order valence-corrected chi connectivity index (χ1v) is 16.4. The van der Waals surface area contributed by atoms with Crippen molar-refractivity contribution in [2.24, 2.45) is 10.8 Å². The van der Waals surface area contributed by atoms with Gasteiger partial charge >= 0.3 is 19.5 Å². The van der Waals surface area contributed by atoms with Crippen molar-refractivity contribution in [2.75, 3.05) is 26.2 Å². The molecule has 0 bridgehead atoms. The van der Waals surface area contributed by atoms with Gasteiger partial charge in [-0.1, -0.05) is 92.1 Å². The maximum atomic E-state index is 12.3. The number of imide groups is 1. The van der Waals surface area contributed by atoms with Gasteiger partial charge in [0.2, 0.25) is 41.9 Å². The van der Waals surface area contributed by atoms with Gasteiger partial charge in [0.25, 0.3) is 0 Å². The SMILES string of the molecule is CC.CC.CCNC(=O)C(C)(C)CC(C)(C)[CH-]N1C(=O)C=CC1=O.CCNC(=O)CNC(=O)C(Cc1ccccc1)NC(=O)CNC=O.[Ru+]. The van der Waals surface area contributed by atoms with Gasteiger partial charge in [0, 0.05) is 37.1 Å². The molecule has 1 atom stereocenters. The van der Waals surface area contributed by atoms with Crippen molar-refractivity contribution in [2.45, 2.75) is 88.1 Å². The smallest absolute Gasteiger partial charge is 0.428 e. The molecule has 49 heavy (non-hydrogen) atoms. The van der Waals surface area contributed by atoms with Gasteiger partial charge in [-0.15, -0.1) is 5.41 Å². The van der Waals surface area contributed by atoms with E-state index in [0.29, 0.717) is 25.9 Å². The Labute approximate surface area is 305 Å². The van der Waals surface area contributed by atoms with Gasteiger partial charge in [0.15, 0.2) is 0 Å². The Balaban J connectivity index is -0.000000778. The van der Waals surface area contributed by atoms with Crippen molar-refractivity contribution < 1.29 is 53.0 Å². The molecule has 13 nitrogen and oxygen atoms in total. The van der Waals surface area contributed by atoms with Crippen LogP contribution in [0.15, 0.2) is 42.5 Å². The summed E-state index contributed by atoms with van der Waals surface area (Å²) in [6.45, 7) is 21.5. The maximum absolute atomic E-state index is 12.3. The molecule has 0 saturated carbocycles. The molecule has 0 fully saturated rings. The summed E-state index contributed by atoms with van der Waals surface area (Å²) in [6.07, 6.45) is 3.71. The fourth-order valence-corrected chi connectivity index (χ4v) is 4.54. The van der Waals surface area contributed by atoms with E-state index < -0.39 is 28.7 Å². The van der Waals surface area contributed by atoms with E-state index >= 15 is 0 Å². The Hall–Kier alpha value is -3.93. The van der Waals surface area contributed by atoms with Gasteiger partial charge in [-0.25, -0.2) is 6.54 Å². The molecule has 0 saturated heterocycles. The number of likely N-dealkylation sites (N-methyl/N-ethyl adjacent to an activating group) is 1. The number of nitrogens with zero attached hydrogens (tertiary/aromatic N) is 1. The number of carbonyl (C=O) groups excluding carboxylic acids is 7. The van der Waals surface area contributed by atoms with Crippen LogP contribution >= 0.6 is 0 Å².